The van der Waals surface area contributed by atoms with Gasteiger partial charge < -0.3 is 34.3 Å². The van der Waals surface area contributed by atoms with Crippen molar-refractivity contribution < 1.29 is 26.8 Å². The summed E-state index contributed by atoms with van der Waals surface area (Å²) in [5.41, 5.74) is 1.88. The summed E-state index contributed by atoms with van der Waals surface area (Å²) in [5.74, 6) is 5.93. The average Bonchev–Trinajstić information content (AvgIpc) is 3.28. The first kappa shape index (κ1) is 29.3. The first-order valence-corrected chi connectivity index (χ1v) is 14.6. The molecule has 1 amide bonds. The zero-order chi connectivity index (χ0) is 28.9. The van der Waals surface area contributed by atoms with Crippen LogP contribution in [0.5, 0.6) is 5.75 Å². The molecule has 1 saturated heterocycles. The Morgan fingerprint density at radius 1 is 1.20 bits per heavy atom. The Hall–Kier alpha value is -3.69. The van der Waals surface area contributed by atoms with Gasteiger partial charge in [0.15, 0.2) is 0 Å². The maximum absolute atomic E-state index is 14.9. The van der Waals surface area contributed by atoms with E-state index in [1.165, 1.54) is 14.2 Å². The van der Waals surface area contributed by atoms with Crippen LogP contribution in [0.4, 0.5) is 28.7 Å². The van der Waals surface area contributed by atoms with Gasteiger partial charge in [0.05, 0.1) is 36.2 Å². The van der Waals surface area contributed by atoms with Crippen LogP contribution >= 0.6 is 0 Å². The molecule has 0 spiro atoms. The Balaban J connectivity index is 1.58. The van der Waals surface area contributed by atoms with E-state index in [0.717, 1.165) is 17.7 Å². The van der Waals surface area contributed by atoms with Crippen LogP contribution in [-0.2, 0) is 6.54 Å². The van der Waals surface area contributed by atoms with Gasteiger partial charge in [0.2, 0.25) is 0 Å². The number of amides is 1. The number of nitrogens with zero attached hydrogens (tertiary/aromatic N) is 2. The van der Waals surface area contributed by atoms with Gasteiger partial charge in [-0.25, -0.2) is 0 Å². The molecule has 213 valence electrons. The summed E-state index contributed by atoms with van der Waals surface area (Å²) in [6.07, 6.45) is -3.39. The number of hydrogen-bond acceptors (Lipinski definition) is 5. The molecule has 40 heavy (non-hydrogen) atoms. The van der Waals surface area contributed by atoms with Gasteiger partial charge >= 0.3 is 15.3 Å². The quantitative estimate of drug-likeness (QED) is 0.159. The molecule has 4 rings (SSSR count). The molecule has 2 aromatic carbocycles. The molecular weight excluding hydrogens is 542 g/mol. The SMILES string of the molecule is CCN1CC[C@@H](Nc2cccc3c2cc(C#CCNc2ccc(C(=O)NC)cc2OC)n3CC(F)(F)F)[Si](F)C1. The second kappa shape index (κ2) is 12.7. The lowest BCUT2D eigenvalue weighted by molar-refractivity contribution is -0.140. The molecule has 0 aliphatic carbocycles. The number of aromatic nitrogens is 1. The molecule has 0 bridgehead atoms. The Morgan fingerprint density at radius 3 is 2.67 bits per heavy atom. The van der Waals surface area contributed by atoms with Crippen molar-refractivity contribution in [3.05, 3.63) is 53.7 Å². The van der Waals surface area contributed by atoms with Crippen LogP contribution in [0.3, 0.4) is 0 Å². The van der Waals surface area contributed by atoms with E-state index in [-0.39, 0.29) is 23.8 Å². The van der Waals surface area contributed by atoms with Crippen molar-refractivity contribution in [3.8, 4) is 17.6 Å². The van der Waals surface area contributed by atoms with E-state index in [4.69, 9.17) is 4.74 Å². The Morgan fingerprint density at radius 2 is 2.00 bits per heavy atom. The van der Waals surface area contributed by atoms with E-state index >= 15 is 0 Å². The van der Waals surface area contributed by atoms with Crippen LogP contribution in [0, 0.1) is 11.8 Å². The maximum Gasteiger partial charge on any atom is 0.406 e. The Labute approximate surface area is 232 Å². The van der Waals surface area contributed by atoms with Crippen LogP contribution in [0.2, 0.25) is 0 Å². The van der Waals surface area contributed by atoms with Crippen molar-refractivity contribution in [2.24, 2.45) is 0 Å². The van der Waals surface area contributed by atoms with Crippen LogP contribution in [0.25, 0.3) is 10.9 Å². The fraction of sp³-hybridized carbons (Fsp3) is 0.393. The largest absolute Gasteiger partial charge is 0.495 e. The highest BCUT2D eigenvalue weighted by molar-refractivity contribution is 6.54. The standard InChI is InChI=1S/C28H32F4N5O2Si/c1-4-36-14-12-26(40(32)18-36)35-22-8-5-9-24-21(22)16-20(37(24)17-28(29,30)31)7-6-13-34-23-11-10-19(27(38)33-2)15-25(23)39-3/h5,8-11,15-16,26,34-35H,4,12-14,17-18H2,1-3H3,(H,33,38)/t26-/m0/s1. The molecule has 1 fully saturated rings. The highest BCUT2D eigenvalue weighted by Crippen LogP contribution is 2.31. The summed E-state index contributed by atoms with van der Waals surface area (Å²) >= 11 is 0. The number of carbonyl (C=O) groups excluding carboxylic acids is 1. The zero-order valence-corrected chi connectivity index (χ0v) is 23.6. The lowest BCUT2D eigenvalue weighted by Crippen LogP contribution is -2.50. The lowest BCUT2D eigenvalue weighted by Gasteiger charge is -2.33. The zero-order valence-electron chi connectivity index (χ0n) is 22.6. The normalized spacial score (nSPS) is 16.3. The van der Waals surface area contributed by atoms with E-state index < -0.39 is 21.9 Å². The minimum atomic E-state index is -4.45. The molecular formula is C28H32F4N5O2Si. The topological polar surface area (TPSA) is 70.6 Å². The third-order valence-electron chi connectivity index (χ3n) is 6.82. The van der Waals surface area contributed by atoms with E-state index in [2.05, 4.69) is 32.7 Å². The molecule has 1 atom stereocenters. The highest BCUT2D eigenvalue weighted by atomic mass is 28.3. The molecule has 3 aromatic rings. The summed E-state index contributed by atoms with van der Waals surface area (Å²) in [5, 5.41) is 9.49. The highest BCUT2D eigenvalue weighted by Gasteiger charge is 2.33. The second-order valence-corrected chi connectivity index (χ2v) is 11.3. The van der Waals surface area contributed by atoms with Crippen LogP contribution in [0.15, 0.2) is 42.5 Å². The molecule has 1 aromatic heterocycles. The number of benzene rings is 2. The fourth-order valence-electron chi connectivity index (χ4n) is 4.74. The van der Waals surface area contributed by atoms with E-state index in [0.29, 0.717) is 46.2 Å². The van der Waals surface area contributed by atoms with E-state index in [1.807, 2.05) is 6.92 Å². The maximum atomic E-state index is 14.9. The molecule has 3 N–H and O–H groups in total. The Kier molecular flexibility index (Phi) is 9.27. The van der Waals surface area contributed by atoms with Gasteiger partial charge in [-0.1, -0.05) is 18.9 Å². The van der Waals surface area contributed by atoms with Gasteiger partial charge in [-0.2, -0.15) is 13.2 Å². The van der Waals surface area contributed by atoms with E-state index in [1.54, 1.807) is 42.5 Å². The monoisotopic (exact) mass is 574 g/mol. The molecule has 2 heterocycles. The number of halogens is 4. The lowest BCUT2D eigenvalue weighted by atomic mass is 10.1. The van der Waals surface area contributed by atoms with Crippen LogP contribution in [0.1, 0.15) is 29.4 Å². The molecule has 1 radical (unpaired) electrons. The summed E-state index contributed by atoms with van der Waals surface area (Å²) in [7, 11) is 0.816. The molecule has 1 aliphatic heterocycles. The summed E-state index contributed by atoms with van der Waals surface area (Å²) in [6, 6.07) is 11.6. The number of carbonyl (C=O) groups is 1. The van der Waals surface area contributed by atoms with Gasteiger partial charge in [0.25, 0.3) is 5.91 Å². The number of anilines is 2. The van der Waals surface area contributed by atoms with E-state index in [9.17, 15) is 22.1 Å². The number of rotatable bonds is 8. The first-order valence-electron chi connectivity index (χ1n) is 13.0. The smallest absolute Gasteiger partial charge is 0.406 e. The number of fused-ring (bicyclic) bond motifs is 1. The molecule has 0 unspecified atom stereocenters. The third kappa shape index (κ3) is 6.89. The van der Waals surface area contributed by atoms with Gasteiger partial charge in [0, 0.05) is 29.9 Å². The molecule has 1 aliphatic rings. The second-order valence-electron chi connectivity index (χ2n) is 9.42. The number of ether oxygens (including phenoxy) is 1. The number of alkyl halides is 3. The summed E-state index contributed by atoms with van der Waals surface area (Å²) in [6.45, 7) is 2.51. The molecule has 7 nitrogen and oxygen atoms in total. The number of methoxy groups -OCH3 is 1. The van der Waals surface area contributed by atoms with Gasteiger partial charge in [-0.15, -0.1) is 0 Å². The van der Waals surface area contributed by atoms with Crippen molar-refractivity contribution >= 4 is 37.3 Å². The Bertz CT molecular complexity index is 1420. The predicted octanol–water partition coefficient (Wildman–Crippen LogP) is 4.58. The van der Waals surface area contributed by atoms with Crippen molar-refractivity contribution in [2.75, 3.05) is 50.6 Å². The summed E-state index contributed by atoms with van der Waals surface area (Å²) < 4.78 is 62.1. The molecule has 12 heteroatoms. The van der Waals surface area contributed by atoms with Crippen molar-refractivity contribution in [1.29, 1.82) is 0 Å². The average molecular weight is 575 g/mol. The molecule has 0 saturated carbocycles. The fourth-order valence-corrected chi connectivity index (χ4v) is 6.52. The van der Waals surface area contributed by atoms with Gasteiger partial charge in [0.1, 0.15) is 12.3 Å². The minimum Gasteiger partial charge on any atom is -0.495 e. The first-order chi connectivity index (χ1) is 19.1. The van der Waals surface area contributed by atoms with Crippen molar-refractivity contribution in [3.63, 3.8) is 0 Å². The van der Waals surface area contributed by atoms with Gasteiger partial charge in [-0.05, 0) is 61.8 Å². The van der Waals surface area contributed by atoms with Crippen LogP contribution in [-0.4, -0.2) is 76.3 Å². The number of nitrogens with one attached hydrogen (secondary N) is 3. The summed E-state index contributed by atoms with van der Waals surface area (Å²) in [4.78, 5) is 14.0. The minimum absolute atomic E-state index is 0.123. The van der Waals surface area contributed by atoms with Crippen molar-refractivity contribution in [2.45, 2.75) is 31.7 Å². The predicted molar refractivity (Wildman–Crippen MR) is 151 cm³/mol. The van der Waals surface area contributed by atoms with Crippen molar-refractivity contribution in [1.82, 2.24) is 14.8 Å². The number of hydrogen-bond donors (Lipinski definition) is 3. The third-order valence-corrected chi connectivity index (χ3v) is 8.76. The van der Waals surface area contributed by atoms with Gasteiger partial charge in [-0.3, -0.25) is 4.79 Å². The van der Waals surface area contributed by atoms with Crippen LogP contribution < -0.4 is 20.7 Å².